The molecular weight excluding hydrogens is 304 g/mol. The van der Waals surface area contributed by atoms with Gasteiger partial charge in [-0.1, -0.05) is 11.6 Å². The van der Waals surface area contributed by atoms with Crippen LogP contribution in [-0.2, 0) is 6.54 Å². The Hall–Kier alpha value is -0.750. The van der Waals surface area contributed by atoms with Crippen molar-refractivity contribution in [1.82, 2.24) is 19.8 Å². The summed E-state index contributed by atoms with van der Waals surface area (Å²) in [7, 11) is 4.35. The third kappa shape index (κ3) is 3.72. The van der Waals surface area contributed by atoms with Gasteiger partial charge in [0.15, 0.2) is 0 Å². The lowest BCUT2D eigenvalue weighted by molar-refractivity contribution is 0.172. The van der Waals surface area contributed by atoms with Crippen LogP contribution < -0.4 is 0 Å². The van der Waals surface area contributed by atoms with Gasteiger partial charge < -0.3 is 4.90 Å². The van der Waals surface area contributed by atoms with Crippen LogP contribution in [0.3, 0.4) is 0 Å². The number of thiophene rings is 1. The molecule has 6 heteroatoms. The van der Waals surface area contributed by atoms with Gasteiger partial charge in [-0.25, -0.2) is 9.97 Å². The van der Waals surface area contributed by atoms with Gasteiger partial charge in [0, 0.05) is 11.9 Å². The maximum atomic E-state index is 6.23. The third-order valence-electron chi connectivity index (χ3n) is 4.14. The van der Waals surface area contributed by atoms with E-state index in [0.717, 1.165) is 35.0 Å². The standard InChI is InChI=1S/C15H21ClN4S/c1-19-6-3-11(4-7-19)9-20(2)10-13-17-14(16)12-5-8-21-15(12)18-13/h5,8,11H,3-4,6-7,9-10H2,1-2H3. The SMILES string of the molecule is CN1CCC(CN(C)Cc2nc(Cl)c3ccsc3n2)CC1. The van der Waals surface area contributed by atoms with Crippen LogP contribution in [0.2, 0.25) is 5.15 Å². The lowest BCUT2D eigenvalue weighted by Crippen LogP contribution is -2.35. The van der Waals surface area contributed by atoms with Crippen LogP contribution in [0.5, 0.6) is 0 Å². The normalized spacial score (nSPS) is 17.9. The fraction of sp³-hybridized carbons (Fsp3) is 0.600. The quantitative estimate of drug-likeness (QED) is 0.809. The fourth-order valence-corrected chi connectivity index (χ4v) is 4.01. The second kappa shape index (κ2) is 6.57. The first-order chi connectivity index (χ1) is 10.1. The second-order valence-corrected chi connectivity index (χ2v) is 7.27. The number of rotatable bonds is 4. The number of hydrogen-bond donors (Lipinski definition) is 0. The molecule has 0 unspecified atom stereocenters. The molecule has 4 nitrogen and oxygen atoms in total. The minimum absolute atomic E-state index is 0.573. The summed E-state index contributed by atoms with van der Waals surface area (Å²) in [6.07, 6.45) is 2.57. The molecule has 1 saturated heterocycles. The molecule has 1 aliphatic rings. The van der Waals surface area contributed by atoms with Gasteiger partial charge >= 0.3 is 0 Å². The predicted molar refractivity (Wildman–Crippen MR) is 89.0 cm³/mol. The zero-order valence-corrected chi connectivity index (χ0v) is 14.1. The van der Waals surface area contributed by atoms with E-state index in [1.165, 1.54) is 25.9 Å². The van der Waals surface area contributed by atoms with Crippen molar-refractivity contribution in [2.24, 2.45) is 5.92 Å². The second-order valence-electron chi connectivity index (χ2n) is 6.01. The van der Waals surface area contributed by atoms with Gasteiger partial charge in [0.2, 0.25) is 0 Å². The Morgan fingerprint density at radius 3 is 2.90 bits per heavy atom. The van der Waals surface area contributed by atoms with Crippen LogP contribution in [0.1, 0.15) is 18.7 Å². The molecule has 2 aromatic heterocycles. The summed E-state index contributed by atoms with van der Waals surface area (Å²) in [6, 6.07) is 1.98. The van der Waals surface area contributed by atoms with Gasteiger partial charge in [-0.3, -0.25) is 4.90 Å². The molecule has 0 saturated carbocycles. The van der Waals surface area contributed by atoms with Gasteiger partial charge in [-0.15, -0.1) is 11.3 Å². The number of fused-ring (bicyclic) bond motifs is 1. The van der Waals surface area contributed by atoms with Crippen LogP contribution in [0.15, 0.2) is 11.4 Å². The molecule has 2 aromatic rings. The average Bonchev–Trinajstić information content (AvgIpc) is 2.90. The van der Waals surface area contributed by atoms with Gasteiger partial charge in [-0.05, 0) is 57.4 Å². The highest BCUT2D eigenvalue weighted by atomic mass is 35.5. The molecule has 0 amide bonds. The molecule has 0 aromatic carbocycles. The van der Waals surface area contributed by atoms with Crippen molar-refractivity contribution < 1.29 is 0 Å². The van der Waals surface area contributed by atoms with Crippen LogP contribution in [0.4, 0.5) is 0 Å². The van der Waals surface area contributed by atoms with Crippen molar-refractivity contribution in [2.75, 3.05) is 33.7 Å². The molecule has 114 valence electrons. The Labute approximate surface area is 134 Å². The fourth-order valence-electron chi connectivity index (χ4n) is 2.92. The summed E-state index contributed by atoms with van der Waals surface area (Å²) in [5.41, 5.74) is 0. The lowest BCUT2D eigenvalue weighted by atomic mass is 9.97. The first-order valence-electron chi connectivity index (χ1n) is 7.38. The monoisotopic (exact) mass is 324 g/mol. The number of piperidine rings is 1. The first-order valence-corrected chi connectivity index (χ1v) is 8.64. The van der Waals surface area contributed by atoms with E-state index in [2.05, 4.69) is 33.9 Å². The van der Waals surface area contributed by atoms with E-state index in [9.17, 15) is 0 Å². The third-order valence-corrected chi connectivity index (χ3v) is 5.24. The van der Waals surface area contributed by atoms with Crippen molar-refractivity contribution in [3.8, 4) is 0 Å². The van der Waals surface area contributed by atoms with Crippen LogP contribution in [0.25, 0.3) is 10.2 Å². The molecule has 0 radical (unpaired) electrons. The highest BCUT2D eigenvalue weighted by Gasteiger charge is 2.18. The number of halogens is 1. The van der Waals surface area contributed by atoms with Gasteiger partial charge in [-0.2, -0.15) is 0 Å². The molecule has 21 heavy (non-hydrogen) atoms. The summed E-state index contributed by atoms with van der Waals surface area (Å²) in [5.74, 6) is 1.61. The Kier molecular flexibility index (Phi) is 4.74. The molecule has 0 bridgehead atoms. The summed E-state index contributed by atoms with van der Waals surface area (Å²) >= 11 is 7.85. The Morgan fingerprint density at radius 1 is 1.38 bits per heavy atom. The summed E-state index contributed by atoms with van der Waals surface area (Å²) in [5, 5.41) is 3.55. The van der Waals surface area contributed by atoms with Gasteiger partial charge in [0.05, 0.1) is 6.54 Å². The Balaban J connectivity index is 1.61. The topological polar surface area (TPSA) is 32.3 Å². The molecular formula is C15H21ClN4S. The summed E-state index contributed by atoms with van der Waals surface area (Å²) < 4.78 is 0. The number of hydrogen-bond acceptors (Lipinski definition) is 5. The highest BCUT2D eigenvalue weighted by Crippen LogP contribution is 2.25. The van der Waals surface area contributed by atoms with Crippen molar-refractivity contribution in [2.45, 2.75) is 19.4 Å². The molecule has 1 fully saturated rings. The Bertz CT molecular complexity index is 607. The van der Waals surface area contributed by atoms with E-state index in [-0.39, 0.29) is 0 Å². The lowest BCUT2D eigenvalue weighted by Gasteiger charge is -2.31. The predicted octanol–water partition coefficient (Wildman–Crippen LogP) is 3.12. The molecule has 0 spiro atoms. The number of likely N-dealkylation sites (tertiary alicyclic amines) is 1. The smallest absolute Gasteiger partial charge is 0.145 e. The van der Waals surface area contributed by atoms with Crippen molar-refractivity contribution in [3.63, 3.8) is 0 Å². The van der Waals surface area contributed by atoms with Crippen molar-refractivity contribution >= 4 is 33.2 Å². The van der Waals surface area contributed by atoms with Crippen LogP contribution >= 0.6 is 22.9 Å². The number of nitrogens with zero attached hydrogens (tertiary/aromatic N) is 4. The van der Waals surface area contributed by atoms with E-state index in [1.807, 2.05) is 11.4 Å². The van der Waals surface area contributed by atoms with Crippen molar-refractivity contribution in [3.05, 3.63) is 22.4 Å². The summed E-state index contributed by atoms with van der Waals surface area (Å²) in [6.45, 7) is 4.29. The van der Waals surface area contributed by atoms with Gasteiger partial charge in [0.25, 0.3) is 0 Å². The molecule has 3 heterocycles. The molecule has 0 atom stereocenters. The minimum atomic E-state index is 0.573. The minimum Gasteiger partial charge on any atom is -0.306 e. The van der Waals surface area contributed by atoms with Gasteiger partial charge in [0.1, 0.15) is 15.8 Å². The highest BCUT2D eigenvalue weighted by molar-refractivity contribution is 7.16. The largest absolute Gasteiger partial charge is 0.306 e. The average molecular weight is 325 g/mol. The molecule has 0 N–H and O–H groups in total. The zero-order chi connectivity index (χ0) is 14.8. The maximum Gasteiger partial charge on any atom is 0.145 e. The van der Waals surface area contributed by atoms with E-state index in [0.29, 0.717) is 5.15 Å². The Morgan fingerprint density at radius 2 is 2.14 bits per heavy atom. The van der Waals surface area contributed by atoms with E-state index in [1.54, 1.807) is 11.3 Å². The van der Waals surface area contributed by atoms with Crippen molar-refractivity contribution in [1.29, 1.82) is 0 Å². The maximum absolute atomic E-state index is 6.23. The number of aromatic nitrogens is 2. The van der Waals surface area contributed by atoms with Crippen LogP contribution in [-0.4, -0.2) is 53.5 Å². The van der Waals surface area contributed by atoms with E-state index < -0.39 is 0 Å². The van der Waals surface area contributed by atoms with E-state index >= 15 is 0 Å². The molecule has 3 rings (SSSR count). The molecule has 1 aliphatic heterocycles. The van der Waals surface area contributed by atoms with E-state index in [4.69, 9.17) is 11.6 Å². The summed E-state index contributed by atoms with van der Waals surface area (Å²) in [4.78, 5) is 14.8. The van der Waals surface area contributed by atoms with Crippen LogP contribution in [0, 0.1) is 5.92 Å². The first kappa shape index (κ1) is 15.2. The molecule has 0 aliphatic carbocycles. The zero-order valence-electron chi connectivity index (χ0n) is 12.5.